The van der Waals surface area contributed by atoms with Crippen LogP contribution >= 0.6 is 15.9 Å². The predicted molar refractivity (Wildman–Crippen MR) is 217 cm³/mol. The van der Waals surface area contributed by atoms with Gasteiger partial charge in [0.2, 0.25) is 0 Å². The van der Waals surface area contributed by atoms with Gasteiger partial charge in [-0.15, -0.1) is 0 Å². The first-order valence-corrected chi connectivity index (χ1v) is 20.3. The van der Waals surface area contributed by atoms with Crippen LogP contribution in [-0.4, -0.2) is 93.4 Å². The van der Waals surface area contributed by atoms with Crippen molar-refractivity contribution in [1.82, 2.24) is 0 Å². The van der Waals surface area contributed by atoms with Gasteiger partial charge >= 0.3 is 21.1 Å². The zero-order chi connectivity index (χ0) is 39.6. The van der Waals surface area contributed by atoms with Crippen molar-refractivity contribution < 1.29 is 46.9 Å². The quantitative estimate of drug-likeness (QED) is 0.246. The molecule has 5 saturated heterocycles. The molecule has 2 atom stereocenters. The van der Waals surface area contributed by atoms with Crippen LogP contribution in [0.15, 0.2) is 53.0 Å². The van der Waals surface area contributed by atoms with Crippen LogP contribution in [0.2, 0.25) is 0 Å². The van der Waals surface area contributed by atoms with Crippen LogP contribution in [0.3, 0.4) is 0 Å². The summed E-state index contributed by atoms with van der Waals surface area (Å²) in [4.78, 5) is 0. The lowest BCUT2D eigenvalue weighted by Gasteiger charge is -2.32. The summed E-state index contributed by atoms with van der Waals surface area (Å²) in [5.74, 6) is 1.73. The second kappa shape index (κ2) is 17.1. The van der Waals surface area contributed by atoms with Crippen LogP contribution in [0.4, 0.5) is 0 Å². The number of benzene rings is 2. The molecule has 0 aliphatic carbocycles. The highest BCUT2D eigenvalue weighted by molar-refractivity contribution is 9.10. The first-order chi connectivity index (χ1) is 25.1. The molecule has 7 rings (SSSR count). The fourth-order valence-corrected chi connectivity index (χ4v) is 6.59. The Balaban J connectivity index is 0.000000160. The molecule has 5 fully saturated rings. The molecule has 5 heterocycles. The lowest BCUT2D eigenvalue weighted by Crippen LogP contribution is -2.41. The van der Waals surface area contributed by atoms with Gasteiger partial charge in [-0.25, -0.2) is 0 Å². The first kappa shape index (κ1) is 43.5. The highest BCUT2D eigenvalue weighted by Gasteiger charge is 2.63. The van der Waals surface area contributed by atoms with E-state index >= 15 is 0 Å². The molecule has 0 N–H and O–H groups in total. The fourth-order valence-electron chi connectivity index (χ4n) is 6.22. The minimum absolute atomic E-state index is 0.223. The molecule has 14 heteroatoms. The van der Waals surface area contributed by atoms with Crippen molar-refractivity contribution in [2.45, 2.75) is 155 Å². The Bertz CT molecular complexity index is 1440. The number of rotatable bonds is 8. The molecule has 5 aliphatic rings. The van der Waals surface area contributed by atoms with Crippen LogP contribution in [0.1, 0.15) is 109 Å². The van der Waals surface area contributed by atoms with Crippen LogP contribution < -0.4 is 14.9 Å². The van der Waals surface area contributed by atoms with Crippen molar-refractivity contribution in [3.05, 3.63) is 53.0 Å². The third-order valence-electron chi connectivity index (χ3n) is 11.9. The molecule has 0 aromatic heterocycles. The third kappa shape index (κ3) is 10.7. The maximum Gasteiger partial charge on any atom is 0.494 e. The maximum absolute atomic E-state index is 6.08. The lowest BCUT2D eigenvalue weighted by atomic mass is 9.49. The SMILES string of the molecule is Brc1cccc(OC[C@H]2CCCO2)c1.CC1(C)OB(B2OC(C)(C)C(C)(C)O2)OC1(C)C.CC1(C)OB(c2cccc(OC[C@H]3CCCO3)c2)OC1(C)C. The molecule has 0 amide bonds. The van der Waals surface area contributed by atoms with Gasteiger partial charge in [-0.3, -0.25) is 0 Å². The Morgan fingerprint density at radius 2 is 0.944 bits per heavy atom. The van der Waals surface area contributed by atoms with Gasteiger partial charge in [-0.2, -0.15) is 0 Å². The summed E-state index contributed by atoms with van der Waals surface area (Å²) < 4.78 is 59.6. The van der Waals surface area contributed by atoms with Crippen molar-refractivity contribution in [3.63, 3.8) is 0 Å². The summed E-state index contributed by atoms with van der Waals surface area (Å²) in [5, 5.41) is 0. The van der Waals surface area contributed by atoms with Gasteiger partial charge in [0.15, 0.2) is 0 Å². The maximum atomic E-state index is 6.08. The standard InChI is InChI=1S/C17H25BO4.C12H24B2O4.C11H13BrO2/c1-16(2)17(3,4)22-18(21-16)13-7-5-8-14(11-13)20-12-15-9-6-10-19-15;1-9(2)10(3,4)16-13(15-9)14-17-11(5,6)12(7,8)18-14;12-9-3-1-4-10(7-9)14-8-11-5-2-6-13-11/h5,7-8,11,15H,6,9-10,12H2,1-4H3;1-8H3;1,3-4,7,11H,2,5-6,8H2/t15-;;11-/m1.1/s1. The highest BCUT2D eigenvalue weighted by Crippen LogP contribution is 2.43. The van der Waals surface area contributed by atoms with E-state index in [2.05, 4.69) is 43.6 Å². The minimum atomic E-state index is -0.476. The molecule has 0 unspecified atom stereocenters. The van der Waals surface area contributed by atoms with Gasteiger partial charge in [0.05, 0.1) is 45.8 Å². The number of hydrogen-bond donors (Lipinski definition) is 0. The molecule has 5 aliphatic heterocycles. The average Bonchev–Trinajstić information content (AvgIpc) is 3.89. The molecule has 0 spiro atoms. The molecule has 0 saturated carbocycles. The number of ether oxygens (including phenoxy) is 4. The van der Waals surface area contributed by atoms with Crippen molar-refractivity contribution in [2.75, 3.05) is 26.4 Å². The largest absolute Gasteiger partial charge is 0.494 e. The smallest absolute Gasteiger partial charge is 0.491 e. The zero-order valence-electron chi connectivity index (χ0n) is 34.6. The van der Waals surface area contributed by atoms with E-state index in [-0.39, 0.29) is 52.9 Å². The van der Waals surface area contributed by atoms with E-state index < -0.39 is 14.0 Å². The van der Waals surface area contributed by atoms with E-state index in [1.54, 1.807) is 0 Å². The first-order valence-electron chi connectivity index (χ1n) is 19.5. The summed E-state index contributed by atoms with van der Waals surface area (Å²) >= 11 is 3.40. The molecule has 54 heavy (non-hydrogen) atoms. The molecule has 0 bridgehead atoms. The normalized spacial score (nSPS) is 26.9. The Labute approximate surface area is 333 Å². The Morgan fingerprint density at radius 1 is 0.556 bits per heavy atom. The Kier molecular flexibility index (Phi) is 13.8. The summed E-state index contributed by atoms with van der Waals surface area (Å²) in [6, 6.07) is 15.8. The van der Waals surface area contributed by atoms with E-state index in [1.807, 2.05) is 104 Å². The third-order valence-corrected chi connectivity index (χ3v) is 12.4. The second-order valence-corrected chi connectivity index (χ2v) is 18.7. The molecule has 298 valence electrons. The molecule has 10 nitrogen and oxygen atoms in total. The second-order valence-electron chi connectivity index (χ2n) is 17.8. The van der Waals surface area contributed by atoms with Gasteiger partial charge in [0.25, 0.3) is 0 Å². The minimum Gasteiger partial charge on any atom is -0.491 e. The van der Waals surface area contributed by atoms with E-state index in [9.17, 15) is 0 Å². The molecular formula is C40H62B3BrO10. The van der Waals surface area contributed by atoms with Gasteiger partial charge in [0, 0.05) is 17.7 Å². The van der Waals surface area contributed by atoms with Crippen LogP contribution in [0.25, 0.3) is 0 Å². The topological polar surface area (TPSA) is 92.3 Å². The van der Waals surface area contributed by atoms with Crippen LogP contribution in [-0.2, 0) is 37.4 Å². The Morgan fingerprint density at radius 3 is 1.33 bits per heavy atom. The molecule has 0 radical (unpaired) electrons. The van der Waals surface area contributed by atoms with E-state index in [0.717, 1.165) is 60.3 Å². The molecular weight excluding hydrogens is 753 g/mol. The van der Waals surface area contributed by atoms with Gasteiger partial charge in [-0.1, -0.05) is 34.1 Å². The van der Waals surface area contributed by atoms with Crippen molar-refractivity contribution in [2.24, 2.45) is 0 Å². The average molecular weight is 815 g/mol. The van der Waals surface area contributed by atoms with Gasteiger partial charge < -0.3 is 46.9 Å². The predicted octanol–water partition coefficient (Wildman–Crippen LogP) is 7.80. The van der Waals surface area contributed by atoms with Crippen molar-refractivity contribution in [1.29, 1.82) is 0 Å². The van der Waals surface area contributed by atoms with Crippen molar-refractivity contribution in [3.8, 4) is 11.5 Å². The number of halogens is 1. The fraction of sp³-hybridized carbons (Fsp3) is 0.700. The summed E-state index contributed by atoms with van der Waals surface area (Å²) in [5.41, 5.74) is -1.10. The number of hydrogen-bond acceptors (Lipinski definition) is 10. The monoisotopic (exact) mass is 814 g/mol. The van der Waals surface area contributed by atoms with Crippen LogP contribution in [0.5, 0.6) is 11.5 Å². The highest BCUT2D eigenvalue weighted by atomic mass is 79.9. The van der Waals surface area contributed by atoms with Crippen LogP contribution in [0, 0.1) is 0 Å². The molecule has 2 aromatic carbocycles. The summed E-state index contributed by atoms with van der Waals surface area (Å²) in [6.07, 6.45) is 4.99. The van der Waals surface area contributed by atoms with Gasteiger partial charge in [-0.05, 0) is 145 Å². The summed E-state index contributed by atoms with van der Waals surface area (Å²) in [7, 11) is -1.30. The van der Waals surface area contributed by atoms with Gasteiger partial charge in [0.1, 0.15) is 24.7 Å². The lowest BCUT2D eigenvalue weighted by molar-refractivity contribution is 0.00578. The van der Waals surface area contributed by atoms with E-state index in [1.165, 1.54) is 0 Å². The molecule has 2 aromatic rings. The zero-order valence-corrected chi connectivity index (χ0v) is 36.2. The Hall–Kier alpha value is -1.61. The summed E-state index contributed by atoms with van der Waals surface area (Å²) in [6.45, 7) is 27.4. The van der Waals surface area contributed by atoms with E-state index in [4.69, 9.17) is 46.9 Å². The van der Waals surface area contributed by atoms with E-state index in [0.29, 0.717) is 13.2 Å². The van der Waals surface area contributed by atoms with Crippen molar-refractivity contribution >= 4 is 42.5 Å².